The first-order valence-corrected chi connectivity index (χ1v) is 8.61. The van der Waals surface area contributed by atoms with Gasteiger partial charge in [0.15, 0.2) is 5.96 Å². The second-order valence-electron chi connectivity index (χ2n) is 6.15. The minimum Gasteiger partial charge on any atom is -0.489 e. The van der Waals surface area contributed by atoms with E-state index in [-0.39, 0.29) is 18.1 Å². The summed E-state index contributed by atoms with van der Waals surface area (Å²) in [6.07, 6.45) is 1.37. The lowest BCUT2D eigenvalue weighted by molar-refractivity contribution is -0.122. The molecule has 1 amide bonds. The van der Waals surface area contributed by atoms with Crippen LogP contribution < -0.4 is 20.7 Å². The molecular formula is C18H28N4O2. The molecule has 1 aromatic rings. The number of ether oxygens (including phenoxy) is 1. The highest BCUT2D eigenvalue weighted by molar-refractivity contribution is 5.81. The number of amides is 1. The zero-order valence-corrected chi connectivity index (χ0v) is 14.8. The minimum atomic E-state index is -0.0192. The van der Waals surface area contributed by atoms with E-state index in [0.29, 0.717) is 19.5 Å². The molecule has 1 aliphatic rings. The van der Waals surface area contributed by atoms with E-state index in [4.69, 9.17) is 4.74 Å². The zero-order chi connectivity index (χ0) is 17.4. The van der Waals surface area contributed by atoms with Crippen LogP contribution in [0.2, 0.25) is 0 Å². The van der Waals surface area contributed by atoms with E-state index in [1.165, 1.54) is 5.56 Å². The third kappa shape index (κ3) is 6.10. The predicted molar refractivity (Wildman–Crippen MR) is 96.4 cm³/mol. The van der Waals surface area contributed by atoms with Crippen LogP contribution in [0.25, 0.3) is 0 Å². The monoisotopic (exact) mass is 332 g/mol. The predicted octanol–water partition coefficient (Wildman–Crippen LogP) is 1.60. The number of hydrogen-bond donors (Lipinski definition) is 3. The van der Waals surface area contributed by atoms with Gasteiger partial charge >= 0.3 is 0 Å². The molecule has 2 unspecified atom stereocenters. The Morgan fingerprint density at radius 3 is 2.79 bits per heavy atom. The first kappa shape index (κ1) is 18.1. The lowest BCUT2D eigenvalue weighted by atomic mass is 10.1. The fourth-order valence-electron chi connectivity index (χ4n) is 2.48. The van der Waals surface area contributed by atoms with Crippen LogP contribution in [-0.4, -0.2) is 43.6 Å². The first-order chi connectivity index (χ1) is 11.6. The Morgan fingerprint density at radius 1 is 1.42 bits per heavy atom. The van der Waals surface area contributed by atoms with Gasteiger partial charge in [0, 0.05) is 25.6 Å². The van der Waals surface area contributed by atoms with Crippen molar-refractivity contribution in [2.24, 2.45) is 4.99 Å². The second-order valence-corrected chi connectivity index (χ2v) is 6.15. The van der Waals surface area contributed by atoms with Crippen LogP contribution in [0.5, 0.6) is 5.75 Å². The Hall–Kier alpha value is -2.24. The summed E-state index contributed by atoms with van der Waals surface area (Å²) in [6.45, 7) is 8.08. The molecule has 24 heavy (non-hydrogen) atoms. The van der Waals surface area contributed by atoms with Gasteiger partial charge in [-0.2, -0.15) is 0 Å². The van der Waals surface area contributed by atoms with Gasteiger partial charge in [-0.25, -0.2) is 4.99 Å². The lowest BCUT2D eigenvalue weighted by Gasteiger charge is -2.25. The van der Waals surface area contributed by atoms with Gasteiger partial charge in [-0.3, -0.25) is 4.79 Å². The van der Waals surface area contributed by atoms with Crippen LogP contribution >= 0.6 is 0 Å². The van der Waals surface area contributed by atoms with E-state index in [2.05, 4.69) is 27.9 Å². The largest absolute Gasteiger partial charge is 0.489 e. The Balaban J connectivity index is 1.84. The van der Waals surface area contributed by atoms with Crippen molar-refractivity contribution in [1.82, 2.24) is 16.0 Å². The van der Waals surface area contributed by atoms with Crippen LogP contribution in [0.15, 0.2) is 29.3 Å². The quantitative estimate of drug-likeness (QED) is 0.546. The maximum absolute atomic E-state index is 11.2. The van der Waals surface area contributed by atoms with Crippen molar-refractivity contribution >= 4 is 11.9 Å². The van der Waals surface area contributed by atoms with Crippen molar-refractivity contribution < 1.29 is 9.53 Å². The number of benzene rings is 1. The Kier molecular flexibility index (Phi) is 6.90. The number of guanidine groups is 1. The summed E-state index contributed by atoms with van der Waals surface area (Å²) >= 11 is 0. The molecule has 2 atom stereocenters. The highest BCUT2D eigenvalue weighted by Crippen LogP contribution is 2.13. The van der Waals surface area contributed by atoms with Crippen molar-refractivity contribution in [3.05, 3.63) is 29.8 Å². The van der Waals surface area contributed by atoms with Crippen molar-refractivity contribution in [3.63, 3.8) is 0 Å². The molecule has 132 valence electrons. The van der Waals surface area contributed by atoms with Crippen molar-refractivity contribution in [3.8, 4) is 5.75 Å². The summed E-state index contributed by atoms with van der Waals surface area (Å²) in [6, 6.07) is 8.24. The number of piperidine rings is 1. The fourth-order valence-corrected chi connectivity index (χ4v) is 2.48. The Labute approximate surface area is 144 Å². The van der Waals surface area contributed by atoms with Gasteiger partial charge in [0.2, 0.25) is 5.91 Å². The summed E-state index contributed by atoms with van der Waals surface area (Å²) in [5.74, 6) is 1.74. The third-order valence-electron chi connectivity index (χ3n) is 3.82. The molecule has 1 aliphatic heterocycles. The van der Waals surface area contributed by atoms with Gasteiger partial charge in [0.25, 0.3) is 0 Å². The number of carbonyl (C=O) groups excluding carboxylic acids is 1. The molecular weight excluding hydrogens is 304 g/mol. The van der Waals surface area contributed by atoms with Gasteiger partial charge in [-0.05, 0) is 39.3 Å². The van der Waals surface area contributed by atoms with E-state index in [1.54, 1.807) is 0 Å². The Morgan fingerprint density at radius 2 is 2.17 bits per heavy atom. The van der Waals surface area contributed by atoms with Gasteiger partial charge < -0.3 is 20.7 Å². The number of nitrogens with zero attached hydrogens (tertiary/aromatic N) is 1. The van der Waals surface area contributed by atoms with Gasteiger partial charge in [-0.15, -0.1) is 0 Å². The highest BCUT2D eigenvalue weighted by Gasteiger charge is 2.18. The summed E-state index contributed by atoms with van der Waals surface area (Å²) in [4.78, 5) is 15.8. The van der Waals surface area contributed by atoms with Crippen molar-refractivity contribution in [1.29, 1.82) is 0 Å². The van der Waals surface area contributed by atoms with Gasteiger partial charge in [-0.1, -0.05) is 17.7 Å². The summed E-state index contributed by atoms with van der Waals surface area (Å²) in [7, 11) is 0. The van der Waals surface area contributed by atoms with Crippen LogP contribution in [0.4, 0.5) is 0 Å². The lowest BCUT2D eigenvalue weighted by Crippen LogP contribution is -2.51. The minimum absolute atomic E-state index is 0.0192. The number of carbonyl (C=O) groups is 1. The average Bonchev–Trinajstić information content (AvgIpc) is 2.57. The molecule has 3 N–H and O–H groups in total. The molecule has 1 aromatic carbocycles. The maximum atomic E-state index is 11.2. The SMILES string of the molecule is CCNC(=NCC(C)Oc1ccc(C)cc1)NC1CCC(=O)NC1. The molecule has 0 spiro atoms. The highest BCUT2D eigenvalue weighted by atomic mass is 16.5. The normalized spacial score (nSPS) is 19.4. The van der Waals surface area contributed by atoms with Crippen LogP contribution in [-0.2, 0) is 4.79 Å². The van der Waals surface area contributed by atoms with Crippen LogP contribution in [0, 0.1) is 6.92 Å². The zero-order valence-electron chi connectivity index (χ0n) is 14.8. The van der Waals surface area contributed by atoms with E-state index in [1.807, 2.05) is 38.1 Å². The molecule has 0 aliphatic carbocycles. The van der Waals surface area contributed by atoms with Crippen molar-refractivity contribution in [2.75, 3.05) is 19.6 Å². The molecule has 0 bridgehead atoms. The summed E-state index contributed by atoms with van der Waals surface area (Å²) in [5, 5.41) is 9.48. The number of rotatable bonds is 6. The molecule has 1 heterocycles. The van der Waals surface area contributed by atoms with Crippen LogP contribution in [0.3, 0.4) is 0 Å². The van der Waals surface area contributed by atoms with Gasteiger partial charge in [0.1, 0.15) is 11.9 Å². The number of hydrogen-bond acceptors (Lipinski definition) is 3. The number of aliphatic imine (C=N–C) groups is 1. The molecule has 0 saturated carbocycles. The summed E-state index contributed by atoms with van der Waals surface area (Å²) < 4.78 is 5.88. The fraction of sp³-hybridized carbons (Fsp3) is 0.556. The molecule has 0 radical (unpaired) electrons. The molecule has 1 fully saturated rings. The standard InChI is InChI=1S/C18H28N4O2/c1-4-19-18(22-15-7-10-17(23)20-12-15)21-11-14(3)24-16-8-5-13(2)6-9-16/h5-6,8-9,14-15H,4,7,10-12H2,1-3H3,(H,20,23)(H2,19,21,22). The average molecular weight is 332 g/mol. The molecule has 1 saturated heterocycles. The molecule has 2 rings (SSSR count). The van der Waals surface area contributed by atoms with Gasteiger partial charge in [0.05, 0.1) is 6.54 Å². The third-order valence-corrected chi connectivity index (χ3v) is 3.82. The molecule has 6 nitrogen and oxygen atoms in total. The van der Waals surface area contributed by atoms with E-state index < -0.39 is 0 Å². The van der Waals surface area contributed by atoms with Crippen molar-refractivity contribution in [2.45, 2.75) is 45.8 Å². The Bertz CT molecular complexity index is 547. The van der Waals surface area contributed by atoms with E-state index >= 15 is 0 Å². The summed E-state index contributed by atoms with van der Waals surface area (Å²) in [5.41, 5.74) is 1.21. The first-order valence-electron chi connectivity index (χ1n) is 8.61. The molecule has 0 aromatic heterocycles. The number of aryl methyl sites for hydroxylation is 1. The molecule has 6 heteroatoms. The van der Waals surface area contributed by atoms with E-state index in [9.17, 15) is 4.79 Å². The maximum Gasteiger partial charge on any atom is 0.220 e. The number of nitrogens with one attached hydrogen (secondary N) is 3. The smallest absolute Gasteiger partial charge is 0.220 e. The van der Waals surface area contributed by atoms with Crippen LogP contribution in [0.1, 0.15) is 32.3 Å². The second kappa shape index (κ2) is 9.15. The van der Waals surface area contributed by atoms with E-state index in [0.717, 1.165) is 24.7 Å². The topological polar surface area (TPSA) is 74.8 Å².